The predicted octanol–water partition coefficient (Wildman–Crippen LogP) is 2.78. The number of nitrogens with zero attached hydrogens (tertiary/aromatic N) is 2. The summed E-state index contributed by atoms with van der Waals surface area (Å²) >= 11 is 6.03. The highest BCUT2D eigenvalue weighted by Gasteiger charge is 2.11. The van der Waals surface area contributed by atoms with E-state index in [0.29, 0.717) is 16.4 Å². The van der Waals surface area contributed by atoms with E-state index < -0.39 is 0 Å². The fraction of sp³-hybridized carbons (Fsp3) is 0. The first-order valence-electron chi connectivity index (χ1n) is 6.45. The molecule has 0 radical (unpaired) electrons. The van der Waals surface area contributed by atoms with Gasteiger partial charge in [-0.3, -0.25) is 0 Å². The first kappa shape index (κ1) is 12.2. The molecule has 0 amide bonds. The molecule has 5 heteroatoms. The first-order chi connectivity index (χ1) is 10.2. The average molecular weight is 296 g/mol. The van der Waals surface area contributed by atoms with Crippen molar-refractivity contribution in [3.8, 4) is 5.88 Å². The van der Waals surface area contributed by atoms with Crippen LogP contribution >= 0.6 is 11.6 Å². The lowest BCUT2D eigenvalue weighted by atomic mass is 10.1. The third-order valence-corrected chi connectivity index (χ3v) is 3.64. The summed E-state index contributed by atoms with van der Waals surface area (Å²) < 4.78 is 0. The highest BCUT2D eigenvalue weighted by Crippen LogP contribution is 2.31. The van der Waals surface area contributed by atoms with Crippen LogP contribution in [0, 0.1) is 0 Å². The molecule has 2 aromatic carbocycles. The lowest BCUT2D eigenvalue weighted by Crippen LogP contribution is -2.19. The van der Waals surface area contributed by atoms with Crippen LogP contribution in [0.1, 0.15) is 5.56 Å². The van der Waals surface area contributed by atoms with Crippen LogP contribution in [0.2, 0.25) is 5.02 Å². The summed E-state index contributed by atoms with van der Waals surface area (Å²) in [5, 5.41) is 13.2. The Balaban J connectivity index is 1.93. The zero-order valence-electron chi connectivity index (χ0n) is 10.8. The van der Waals surface area contributed by atoms with Gasteiger partial charge in [-0.2, -0.15) is 0 Å². The van der Waals surface area contributed by atoms with E-state index in [1.54, 1.807) is 12.1 Å². The van der Waals surface area contributed by atoms with Gasteiger partial charge in [-0.05, 0) is 36.4 Å². The normalized spacial score (nSPS) is 12.9. The number of benzene rings is 2. The van der Waals surface area contributed by atoms with Gasteiger partial charge >= 0.3 is 0 Å². The van der Waals surface area contributed by atoms with Gasteiger partial charge in [0.05, 0.1) is 10.7 Å². The summed E-state index contributed by atoms with van der Waals surface area (Å²) in [5.74, 6) is 0.647. The van der Waals surface area contributed by atoms with Crippen LogP contribution in [0.3, 0.4) is 0 Å². The summed E-state index contributed by atoms with van der Waals surface area (Å²) in [4.78, 5) is 11.8. The van der Waals surface area contributed by atoms with Crippen molar-refractivity contribution >= 4 is 28.6 Å². The van der Waals surface area contributed by atoms with Crippen LogP contribution in [0.15, 0.2) is 58.3 Å². The van der Waals surface area contributed by atoms with Crippen molar-refractivity contribution in [3.05, 3.63) is 69.6 Å². The Kier molecular flexibility index (Phi) is 2.59. The summed E-state index contributed by atoms with van der Waals surface area (Å²) in [5.41, 5.74) is 1.46. The first-order valence-corrected chi connectivity index (χ1v) is 6.83. The second kappa shape index (κ2) is 4.46. The smallest absolute Gasteiger partial charge is 0.197 e. The number of rotatable bonds is 1. The summed E-state index contributed by atoms with van der Waals surface area (Å²) in [6.07, 6.45) is 1.75. The number of aromatic nitrogens is 1. The Morgan fingerprint density at radius 3 is 2.48 bits per heavy atom. The Hall–Kier alpha value is -2.59. The lowest BCUT2D eigenvalue weighted by molar-refractivity contribution is 0.457. The molecule has 1 aliphatic heterocycles. The number of hydrogen-bond acceptors (Lipinski definition) is 3. The van der Waals surface area contributed by atoms with Crippen molar-refractivity contribution < 1.29 is 5.11 Å². The molecule has 4 rings (SSSR count). The number of H-pyrrole nitrogens is 1. The van der Waals surface area contributed by atoms with Crippen molar-refractivity contribution in [2.75, 3.05) is 0 Å². The minimum Gasteiger partial charge on any atom is -0.494 e. The fourth-order valence-electron chi connectivity index (χ4n) is 2.44. The van der Waals surface area contributed by atoms with Gasteiger partial charge in [0.2, 0.25) is 0 Å². The molecular formula is C16H10ClN3O. The van der Waals surface area contributed by atoms with E-state index in [1.165, 1.54) is 0 Å². The molecule has 102 valence electrons. The molecule has 1 aromatic heterocycles. The number of fused-ring (bicyclic) bond motifs is 2. The fourth-order valence-corrected chi connectivity index (χ4v) is 2.61. The van der Waals surface area contributed by atoms with Crippen molar-refractivity contribution in [1.82, 2.24) is 4.98 Å². The highest BCUT2D eigenvalue weighted by molar-refractivity contribution is 6.31. The minimum absolute atomic E-state index is 0.0844. The summed E-state index contributed by atoms with van der Waals surface area (Å²) in [6, 6.07) is 13.1. The number of nitrogens with one attached hydrogen (secondary N) is 1. The monoisotopic (exact) mass is 295 g/mol. The maximum absolute atomic E-state index is 10.1. The average Bonchev–Trinajstić information content (AvgIpc) is 3.01. The molecule has 0 bridgehead atoms. The molecule has 1 aliphatic rings. The molecule has 4 nitrogen and oxygen atoms in total. The largest absolute Gasteiger partial charge is 0.494 e. The Bertz CT molecular complexity index is 981. The molecule has 0 spiro atoms. The predicted molar refractivity (Wildman–Crippen MR) is 81.7 cm³/mol. The van der Waals surface area contributed by atoms with E-state index in [0.717, 1.165) is 21.6 Å². The molecule has 0 aliphatic carbocycles. The Labute approximate surface area is 124 Å². The molecule has 0 saturated heterocycles. The molecule has 2 N–H and O–H groups in total. The van der Waals surface area contributed by atoms with Gasteiger partial charge in [-0.1, -0.05) is 23.7 Å². The quantitative estimate of drug-likeness (QED) is 0.712. The van der Waals surface area contributed by atoms with Crippen LogP contribution in [0.5, 0.6) is 5.88 Å². The van der Waals surface area contributed by atoms with Gasteiger partial charge in [0, 0.05) is 21.5 Å². The second-order valence-electron chi connectivity index (χ2n) is 4.79. The maximum atomic E-state index is 10.1. The third kappa shape index (κ3) is 2.00. The highest BCUT2D eigenvalue weighted by atomic mass is 35.5. The van der Waals surface area contributed by atoms with E-state index in [4.69, 9.17) is 11.6 Å². The third-order valence-electron chi connectivity index (χ3n) is 3.41. The van der Waals surface area contributed by atoms with E-state index in [-0.39, 0.29) is 5.88 Å². The molecule has 0 unspecified atom stereocenters. The van der Waals surface area contributed by atoms with Gasteiger partial charge in [0.15, 0.2) is 11.7 Å². The second-order valence-corrected chi connectivity index (χ2v) is 5.23. The minimum atomic E-state index is 0.0844. The van der Waals surface area contributed by atoms with Crippen LogP contribution in [-0.4, -0.2) is 10.1 Å². The number of aromatic hydroxyl groups is 1. The van der Waals surface area contributed by atoms with E-state index in [9.17, 15) is 5.11 Å². The molecule has 2 heterocycles. The van der Waals surface area contributed by atoms with Gasteiger partial charge in [0.25, 0.3) is 0 Å². The van der Waals surface area contributed by atoms with Crippen LogP contribution in [-0.2, 0) is 0 Å². The van der Waals surface area contributed by atoms with Crippen molar-refractivity contribution in [2.45, 2.75) is 0 Å². The van der Waals surface area contributed by atoms with Crippen molar-refractivity contribution in [2.24, 2.45) is 9.98 Å². The lowest BCUT2D eigenvalue weighted by Gasteiger charge is -1.94. The Morgan fingerprint density at radius 2 is 1.76 bits per heavy atom. The van der Waals surface area contributed by atoms with Gasteiger partial charge in [-0.25, -0.2) is 9.98 Å². The Morgan fingerprint density at radius 1 is 1.05 bits per heavy atom. The van der Waals surface area contributed by atoms with Gasteiger partial charge < -0.3 is 10.1 Å². The van der Waals surface area contributed by atoms with Gasteiger partial charge in [0.1, 0.15) is 0 Å². The van der Waals surface area contributed by atoms with Crippen molar-refractivity contribution in [3.63, 3.8) is 0 Å². The molecule has 0 fully saturated rings. The van der Waals surface area contributed by atoms with E-state index >= 15 is 0 Å². The topological polar surface area (TPSA) is 60.7 Å². The number of hydrogen-bond donors (Lipinski definition) is 2. The molecule has 0 atom stereocenters. The molecule has 3 aromatic rings. The zero-order valence-corrected chi connectivity index (χ0v) is 11.6. The van der Waals surface area contributed by atoms with Crippen molar-refractivity contribution in [1.29, 1.82) is 0 Å². The summed E-state index contributed by atoms with van der Waals surface area (Å²) in [6.45, 7) is 0. The molecule has 0 saturated carbocycles. The van der Waals surface area contributed by atoms with E-state index in [2.05, 4.69) is 15.0 Å². The van der Waals surface area contributed by atoms with Crippen LogP contribution in [0.25, 0.3) is 17.0 Å². The number of aromatic amines is 1. The maximum Gasteiger partial charge on any atom is 0.197 e. The zero-order chi connectivity index (χ0) is 14.4. The molecular weight excluding hydrogens is 286 g/mol. The van der Waals surface area contributed by atoms with Crippen LogP contribution in [0.4, 0.5) is 0 Å². The van der Waals surface area contributed by atoms with Gasteiger partial charge in [-0.15, -0.1) is 0 Å². The van der Waals surface area contributed by atoms with E-state index in [1.807, 2.05) is 36.4 Å². The number of halogens is 1. The number of para-hydroxylation sites is 2. The van der Waals surface area contributed by atoms with Crippen LogP contribution < -0.4 is 10.7 Å². The molecule has 21 heavy (non-hydrogen) atoms. The standard InChI is InChI=1S/C16H10ClN3O/c17-9-5-6-12-10(7-9)11(16(21)20-12)8-15-18-13-3-1-2-4-14(13)19-15/h1-8,20-21H. The SMILES string of the molecule is Oc1[nH]c2ccc(Cl)cc2c1C=C1N=c2ccccc2=N1. The summed E-state index contributed by atoms with van der Waals surface area (Å²) in [7, 11) is 0.